The molecule has 2 aromatic carbocycles. The molecule has 1 fully saturated rings. The highest BCUT2D eigenvalue weighted by molar-refractivity contribution is 5.81. The van der Waals surface area contributed by atoms with Crippen LogP contribution in [0.4, 0.5) is 0 Å². The van der Waals surface area contributed by atoms with Gasteiger partial charge in [-0.2, -0.15) is 0 Å². The maximum Gasteiger partial charge on any atom is 0.239 e. The Labute approximate surface area is 169 Å². The van der Waals surface area contributed by atoms with Gasteiger partial charge >= 0.3 is 0 Å². The van der Waals surface area contributed by atoms with E-state index in [-0.39, 0.29) is 18.0 Å². The first kappa shape index (κ1) is 20.6. The average molecular weight is 380 g/mol. The van der Waals surface area contributed by atoms with Crippen LogP contribution in [-0.4, -0.2) is 65.9 Å². The van der Waals surface area contributed by atoms with Crippen LogP contribution in [-0.2, 0) is 4.79 Å². The van der Waals surface area contributed by atoms with Gasteiger partial charge < -0.3 is 4.90 Å². The maximum absolute atomic E-state index is 12.7. The molecule has 0 aliphatic carbocycles. The minimum Gasteiger partial charge on any atom is -0.342 e. The predicted octanol–water partition coefficient (Wildman–Crippen LogP) is 3.65. The van der Waals surface area contributed by atoms with Gasteiger partial charge in [-0.3, -0.25) is 14.6 Å². The van der Waals surface area contributed by atoms with Crippen LogP contribution in [0.25, 0.3) is 0 Å². The molecule has 0 saturated carbocycles. The standard InChI is InChI=1S/C24H33N3O/c1-4-25(5-2)24(28)20(3)26-16-18-27(19-17-26)23(21-12-8-6-9-13-21)22-14-10-7-11-15-22/h6-15,20,23H,4-5,16-19H2,1-3H3/t20-/m1/s1. The van der Waals surface area contributed by atoms with Gasteiger partial charge in [-0.25, -0.2) is 0 Å². The fourth-order valence-corrected chi connectivity index (χ4v) is 4.22. The van der Waals surface area contributed by atoms with Crippen LogP contribution in [0.15, 0.2) is 60.7 Å². The zero-order valence-electron chi connectivity index (χ0n) is 17.4. The first-order valence-electron chi connectivity index (χ1n) is 10.5. The lowest BCUT2D eigenvalue weighted by Crippen LogP contribution is -2.55. The number of benzene rings is 2. The summed E-state index contributed by atoms with van der Waals surface area (Å²) < 4.78 is 0. The summed E-state index contributed by atoms with van der Waals surface area (Å²) in [6.07, 6.45) is 0. The molecule has 0 unspecified atom stereocenters. The molecule has 1 aliphatic heterocycles. The van der Waals surface area contributed by atoms with E-state index in [9.17, 15) is 4.79 Å². The monoisotopic (exact) mass is 379 g/mol. The van der Waals surface area contributed by atoms with Crippen molar-refractivity contribution in [1.29, 1.82) is 0 Å². The van der Waals surface area contributed by atoms with Crippen molar-refractivity contribution in [2.24, 2.45) is 0 Å². The van der Waals surface area contributed by atoms with Crippen molar-refractivity contribution in [3.63, 3.8) is 0 Å². The summed E-state index contributed by atoms with van der Waals surface area (Å²) >= 11 is 0. The Kier molecular flexibility index (Phi) is 7.24. The lowest BCUT2D eigenvalue weighted by molar-refractivity contribution is -0.136. The number of carbonyl (C=O) groups excluding carboxylic acids is 1. The normalized spacial score (nSPS) is 16.9. The van der Waals surface area contributed by atoms with Crippen LogP contribution in [0.2, 0.25) is 0 Å². The van der Waals surface area contributed by atoms with E-state index in [0.29, 0.717) is 0 Å². The number of carbonyl (C=O) groups is 1. The van der Waals surface area contributed by atoms with Gasteiger partial charge in [-0.15, -0.1) is 0 Å². The van der Waals surface area contributed by atoms with Crippen LogP contribution in [0.1, 0.15) is 37.9 Å². The van der Waals surface area contributed by atoms with Gasteiger partial charge in [-0.1, -0.05) is 60.7 Å². The summed E-state index contributed by atoms with van der Waals surface area (Å²) in [6, 6.07) is 21.7. The minimum absolute atomic E-state index is 0.0473. The third-order valence-electron chi connectivity index (χ3n) is 5.92. The molecule has 2 aromatic rings. The van der Waals surface area contributed by atoms with Crippen LogP contribution in [0, 0.1) is 0 Å². The molecule has 1 atom stereocenters. The van der Waals surface area contributed by atoms with Gasteiger partial charge in [0.2, 0.25) is 5.91 Å². The lowest BCUT2D eigenvalue weighted by Gasteiger charge is -2.42. The number of rotatable bonds is 7. The molecule has 4 nitrogen and oxygen atoms in total. The van der Waals surface area contributed by atoms with Gasteiger partial charge in [-0.05, 0) is 31.9 Å². The SMILES string of the molecule is CCN(CC)C(=O)[C@@H](C)N1CCN(C(c2ccccc2)c2ccccc2)CC1. The van der Waals surface area contributed by atoms with Crippen molar-refractivity contribution in [1.82, 2.24) is 14.7 Å². The van der Waals surface area contributed by atoms with E-state index in [1.807, 2.05) is 4.90 Å². The summed E-state index contributed by atoms with van der Waals surface area (Å²) in [6.45, 7) is 11.5. The Balaban J connectivity index is 1.72. The molecule has 150 valence electrons. The molecule has 1 amide bonds. The van der Waals surface area contributed by atoms with Gasteiger partial charge in [0, 0.05) is 39.3 Å². The summed E-state index contributed by atoms with van der Waals surface area (Å²) in [5.41, 5.74) is 2.66. The molecule has 0 N–H and O–H groups in total. The Morgan fingerprint density at radius 3 is 1.68 bits per heavy atom. The summed E-state index contributed by atoms with van der Waals surface area (Å²) in [5, 5.41) is 0. The molecule has 0 spiro atoms. The number of likely N-dealkylation sites (N-methyl/N-ethyl adjacent to an activating group) is 1. The zero-order chi connectivity index (χ0) is 19.9. The van der Waals surface area contributed by atoms with Crippen molar-refractivity contribution in [2.75, 3.05) is 39.3 Å². The second kappa shape index (κ2) is 9.85. The van der Waals surface area contributed by atoms with Crippen molar-refractivity contribution >= 4 is 5.91 Å². The zero-order valence-corrected chi connectivity index (χ0v) is 17.4. The largest absolute Gasteiger partial charge is 0.342 e. The summed E-state index contributed by atoms with van der Waals surface area (Å²) in [7, 11) is 0. The molecule has 0 radical (unpaired) electrons. The fourth-order valence-electron chi connectivity index (χ4n) is 4.22. The van der Waals surface area contributed by atoms with E-state index in [1.54, 1.807) is 0 Å². The molecular formula is C24H33N3O. The quantitative estimate of drug-likeness (QED) is 0.735. The van der Waals surface area contributed by atoms with Crippen LogP contribution < -0.4 is 0 Å². The van der Waals surface area contributed by atoms with Crippen LogP contribution in [0.5, 0.6) is 0 Å². The molecule has 0 bridgehead atoms. The number of hydrogen-bond acceptors (Lipinski definition) is 3. The molecule has 1 saturated heterocycles. The van der Waals surface area contributed by atoms with Gasteiger partial charge in [0.25, 0.3) is 0 Å². The van der Waals surface area contributed by atoms with Crippen LogP contribution >= 0.6 is 0 Å². The van der Waals surface area contributed by atoms with E-state index < -0.39 is 0 Å². The van der Waals surface area contributed by atoms with Crippen molar-refractivity contribution < 1.29 is 4.79 Å². The first-order chi connectivity index (χ1) is 13.7. The third kappa shape index (κ3) is 4.62. The molecule has 28 heavy (non-hydrogen) atoms. The van der Waals surface area contributed by atoms with Gasteiger partial charge in [0.1, 0.15) is 0 Å². The Morgan fingerprint density at radius 1 is 0.821 bits per heavy atom. The average Bonchev–Trinajstić information content (AvgIpc) is 2.76. The second-order valence-electron chi connectivity index (χ2n) is 7.48. The molecule has 4 heteroatoms. The number of hydrogen-bond donors (Lipinski definition) is 0. The first-order valence-corrected chi connectivity index (χ1v) is 10.5. The van der Waals surface area contributed by atoms with E-state index >= 15 is 0 Å². The van der Waals surface area contributed by atoms with Crippen molar-refractivity contribution in [3.05, 3.63) is 71.8 Å². The van der Waals surface area contributed by atoms with Gasteiger partial charge in [0.05, 0.1) is 12.1 Å². The predicted molar refractivity (Wildman–Crippen MR) is 115 cm³/mol. The molecular weight excluding hydrogens is 346 g/mol. The summed E-state index contributed by atoms with van der Waals surface area (Å²) in [4.78, 5) is 19.6. The molecule has 3 rings (SSSR count). The molecule has 0 aromatic heterocycles. The maximum atomic E-state index is 12.7. The molecule has 1 heterocycles. The number of piperazine rings is 1. The highest BCUT2D eigenvalue weighted by Crippen LogP contribution is 2.29. The van der Waals surface area contributed by atoms with E-state index in [1.165, 1.54) is 11.1 Å². The highest BCUT2D eigenvalue weighted by Gasteiger charge is 2.31. The third-order valence-corrected chi connectivity index (χ3v) is 5.92. The number of nitrogens with zero attached hydrogens (tertiary/aromatic N) is 3. The minimum atomic E-state index is -0.0473. The smallest absolute Gasteiger partial charge is 0.239 e. The highest BCUT2D eigenvalue weighted by atomic mass is 16.2. The van der Waals surface area contributed by atoms with Gasteiger partial charge in [0.15, 0.2) is 0 Å². The lowest BCUT2D eigenvalue weighted by atomic mass is 9.96. The second-order valence-corrected chi connectivity index (χ2v) is 7.48. The Hall–Kier alpha value is -2.17. The van der Waals surface area contributed by atoms with E-state index in [4.69, 9.17) is 0 Å². The molecule has 1 aliphatic rings. The fraction of sp³-hybridized carbons (Fsp3) is 0.458. The van der Waals surface area contributed by atoms with Crippen molar-refractivity contribution in [2.45, 2.75) is 32.9 Å². The van der Waals surface area contributed by atoms with Crippen molar-refractivity contribution in [3.8, 4) is 0 Å². The van der Waals surface area contributed by atoms with E-state index in [2.05, 4.69) is 91.2 Å². The Morgan fingerprint density at radius 2 is 1.25 bits per heavy atom. The van der Waals surface area contributed by atoms with Crippen LogP contribution in [0.3, 0.4) is 0 Å². The summed E-state index contributed by atoms with van der Waals surface area (Å²) in [5.74, 6) is 0.251. The number of amides is 1. The van der Waals surface area contributed by atoms with E-state index in [0.717, 1.165) is 39.3 Å². The Bertz CT molecular complexity index is 683. The topological polar surface area (TPSA) is 26.8 Å².